The van der Waals surface area contributed by atoms with E-state index in [1.807, 2.05) is 6.08 Å². The molecule has 2 atom stereocenters. The summed E-state index contributed by atoms with van der Waals surface area (Å²) in [6, 6.07) is -1.06. The summed E-state index contributed by atoms with van der Waals surface area (Å²) in [4.78, 5) is 12.3. The summed E-state index contributed by atoms with van der Waals surface area (Å²) < 4.78 is 32.0. The van der Waals surface area contributed by atoms with Gasteiger partial charge in [0.2, 0.25) is 5.91 Å². The third-order valence-electron chi connectivity index (χ3n) is 6.31. The van der Waals surface area contributed by atoms with Gasteiger partial charge in [0.25, 0.3) is 10.1 Å². The summed E-state index contributed by atoms with van der Waals surface area (Å²) in [5, 5.41) is 13.0. The number of carbonyl (C=O) groups excluding carboxylic acids is 1. The maximum atomic E-state index is 12.3. The van der Waals surface area contributed by atoms with Crippen molar-refractivity contribution < 1.29 is 22.9 Å². The smallest absolute Gasteiger partial charge is 0.267 e. The molecule has 1 amide bonds. The highest BCUT2D eigenvalue weighted by Gasteiger charge is 2.24. The number of nitrogens with one attached hydrogen (secondary N) is 1. The van der Waals surface area contributed by atoms with E-state index in [9.17, 15) is 22.9 Å². The zero-order valence-corrected chi connectivity index (χ0v) is 24.4. The number of rotatable bonds is 25. The summed E-state index contributed by atoms with van der Waals surface area (Å²) in [5.74, 6) is -1.01. The minimum absolute atomic E-state index is 0.278. The van der Waals surface area contributed by atoms with Crippen molar-refractivity contribution in [2.75, 3.05) is 5.75 Å². The Morgan fingerprint density at radius 2 is 1.22 bits per heavy atom. The van der Waals surface area contributed by atoms with Crippen molar-refractivity contribution in [3.8, 4) is 0 Å². The number of hydrogen-bond donors (Lipinski definition) is 3. The second-order valence-electron chi connectivity index (χ2n) is 10.0. The molecule has 7 heteroatoms. The van der Waals surface area contributed by atoms with Gasteiger partial charge >= 0.3 is 0 Å². The summed E-state index contributed by atoms with van der Waals surface area (Å²) in [6.45, 7) is 4.38. The lowest BCUT2D eigenvalue weighted by atomic mass is 10.1. The molecule has 0 aliphatic heterocycles. The van der Waals surface area contributed by atoms with Crippen LogP contribution in [0.25, 0.3) is 0 Å². The molecular weight excluding hydrogens is 486 g/mol. The van der Waals surface area contributed by atoms with Gasteiger partial charge in [-0.2, -0.15) is 8.42 Å². The first-order chi connectivity index (χ1) is 17.8. The van der Waals surface area contributed by atoms with E-state index < -0.39 is 28.0 Å². The number of carbonyl (C=O) groups is 1. The number of amides is 1. The molecule has 6 nitrogen and oxygen atoms in total. The fourth-order valence-corrected chi connectivity index (χ4v) is 4.80. The van der Waals surface area contributed by atoms with Gasteiger partial charge in [0.15, 0.2) is 0 Å². The van der Waals surface area contributed by atoms with Crippen molar-refractivity contribution >= 4 is 16.0 Å². The Morgan fingerprint density at radius 1 is 0.730 bits per heavy atom. The van der Waals surface area contributed by atoms with Gasteiger partial charge in [0.1, 0.15) is 0 Å². The van der Waals surface area contributed by atoms with Crippen LogP contribution in [0.4, 0.5) is 0 Å². The van der Waals surface area contributed by atoms with Crippen molar-refractivity contribution in [3.63, 3.8) is 0 Å². The van der Waals surface area contributed by atoms with Gasteiger partial charge in [0.05, 0.1) is 17.9 Å². The van der Waals surface area contributed by atoms with Crippen LogP contribution in [0.2, 0.25) is 0 Å². The molecule has 0 aromatic heterocycles. The van der Waals surface area contributed by atoms with E-state index in [2.05, 4.69) is 43.5 Å². The molecule has 0 radical (unpaired) electrons. The highest BCUT2D eigenvalue weighted by atomic mass is 32.2. The molecule has 37 heavy (non-hydrogen) atoms. The monoisotopic (exact) mass is 541 g/mol. The van der Waals surface area contributed by atoms with Crippen molar-refractivity contribution in [2.24, 2.45) is 0 Å². The minimum Gasteiger partial charge on any atom is -0.387 e. The average Bonchev–Trinajstić information content (AvgIpc) is 2.84. The Kier molecular flexibility index (Phi) is 23.9. The lowest BCUT2D eigenvalue weighted by Gasteiger charge is -2.21. The Hall–Kier alpha value is -1.44. The average molecular weight is 542 g/mol. The third kappa shape index (κ3) is 26.0. The van der Waals surface area contributed by atoms with Crippen molar-refractivity contribution in [1.82, 2.24) is 5.32 Å². The second-order valence-corrected chi connectivity index (χ2v) is 11.5. The van der Waals surface area contributed by atoms with Crippen molar-refractivity contribution in [1.29, 1.82) is 0 Å². The zero-order chi connectivity index (χ0) is 27.6. The minimum atomic E-state index is -4.33. The van der Waals surface area contributed by atoms with Gasteiger partial charge in [-0.1, -0.05) is 108 Å². The number of allylic oxidation sites excluding steroid dienone is 5. The van der Waals surface area contributed by atoms with Crippen LogP contribution in [0.3, 0.4) is 0 Å². The van der Waals surface area contributed by atoms with Crippen LogP contribution in [0.15, 0.2) is 36.5 Å². The second kappa shape index (κ2) is 24.9. The molecule has 3 N–H and O–H groups in total. The van der Waals surface area contributed by atoms with E-state index in [-0.39, 0.29) is 12.3 Å². The first kappa shape index (κ1) is 35.6. The van der Waals surface area contributed by atoms with Gasteiger partial charge in [-0.05, 0) is 51.4 Å². The Labute approximate surface area is 227 Å². The molecule has 2 unspecified atom stereocenters. The summed E-state index contributed by atoms with van der Waals surface area (Å²) in [5.41, 5.74) is 0. The summed E-state index contributed by atoms with van der Waals surface area (Å²) in [6.07, 6.45) is 30.0. The number of aliphatic hydroxyl groups excluding tert-OH is 1. The molecule has 0 aromatic carbocycles. The normalized spacial score (nSPS) is 14.2. The Morgan fingerprint density at radius 3 is 1.81 bits per heavy atom. The maximum Gasteiger partial charge on any atom is 0.267 e. The van der Waals surface area contributed by atoms with E-state index in [1.54, 1.807) is 0 Å². The van der Waals surface area contributed by atoms with Gasteiger partial charge in [-0.15, -0.1) is 0 Å². The third-order valence-corrected chi connectivity index (χ3v) is 7.09. The maximum absolute atomic E-state index is 12.3. The highest BCUT2D eigenvalue weighted by Crippen LogP contribution is 2.10. The van der Waals surface area contributed by atoms with E-state index >= 15 is 0 Å². The van der Waals surface area contributed by atoms with E-state index in [4.69, 9.17) is 0 Å². The predicted molar refractivity (Wildman–Crippen MR) is 156 cm³/mol. The number of aliphatic hydroxyl groups is 1. The van der Waals surface area contributed by atoms with Gasteiger partial charge in [0, 0.05) is 6.42 Å². The standard InChI is InChI=1S/C30H55NO5S/c1-3-5-7-9-11-12-13-14-15-16-17-18-20-22-24-26-30(33)31-28(27-37(34,35)36)29(32)25-23-21-19-10-8-6-4-2/h11-12,14-15,23,25,28-29,32H,3-10,13,16-22,24,26-27H2,1-2H3,(H,31,33)(H,34,35,36)/b12-11-,15-14-,25-23+. The van der Waals surface area contributed by atoms with Gasteiger partial charge in [-0.25, -0.2) is 0 Å². The van der Waals surface area contributed by atoms with Crippen molar-refractivity contribution in [3.05, 3.63) is 36.5 Å². The molecule has 216 valence electrons. The largest absolute Gasteiger partial charge is 0.387 e. The summed E-state index contributed by atoms with van der Waals surface area (Å²) >= 11 is 0. The Bertz CT molecular complexity index is 730. The lowest BCUT2D eigenvalue weighted by molar-refractivity contribution is -0.122. The van der Waals surface area contributed by atoms with E-state index in [0.717, 1.165) is 57.8 Å². The number of hydrogen-bond acceptors (Lipinski definition) is 4. The quantitative estimate of drug-likeness (QED) is 0.0632. The molecule has 0 spiro atoms. The molecule has 0 heterocycles. The van der Waals surface area contributed by atoms with Crippen LogP contribution < -0.4 is 5.32 Å². The van der Waals surface area contributed by atoms with E-state index in [0.29, 0.717) is 6.42 Å². The topological polar surface area (TPSA) is 104 Å². The van der Waals surface area contributed by atoms with Gasteiger partial charge in [-0.3, -0.25) is 9.35 Å². The fraction of sp³-hybridized carbons (Fsp3) is 0.767. The summed E-state index contributed by atoms with van der Waals surface area (Å²) in [7, 11) is -4.33. The predicted octanol–water partition coefficient (Wildman–Crippen LogP) is 7.45. The molecule has 0 aliphatic carbocycles. The molecule has 0 saturated heterocycles. The highest BCUT2D eigenvalue weighted by molar-refractivity contribution is 7.85. The van der Waals surface area contributed by atoms with E-state index in [1.165, 1.54) is 51.0 Å². The zero-order valence-electron chi connectivity index (χ0n) is 23.6. The van der Waals surface area contributed by atoms with Crippen LogP contribution in [-0.2, 0) is 14.9 Å². The first-order valence-electron chi connectivity index (χ1n) is 14.7. The van der Waals surface area contributed by atoms with Gasteiger partial charge < -0.3 is 10.4 Å². The first-order valence-corrected chi connectivity index (χ1v) is 16.3. The molecule has 0 bridgehead atoms. The molecular formula is C30H55NO5S. The van der Waals surface area contributed by atoms with Crippen LogP contribution in [-0.4, -0.2) is 41.9 Å². The lowest BCUT2D eigenvalue weighted by Crippen LogP contribution is -2.46. The molecule has 0 fully saturated rings. The SMILES string of the molecule is CCCCC/C=C\C/C=C\CCCCCCCC(=O)NC(CS(=O)(=O)O)C(O)/C=C/CCCCCCC. The van der Waals surface area contributed by atoms with Crippen LogP contribution >= 0.6 is 0 Å². The number of unbranched alkanes of at least 4 members (excludes halogenated alkanes) is 13. The molecule has 0 rings (SSSR count). The molecule has 0 aromatic rings. The van der Waals surface area contributed by atoms with Crippen LogP contribution in [0, 0.1) is 0 Å². The fourth-order valence-electron chi connectivity index (χ4n) is 4.06. The van der Waals surface area contributed by atoms with Crippen LogP contribution in [0.5, 0.6) is 0 Å². The Balaban J connectivity index is 4.08. The molecule has 0 aliphatic rings. The van der Waals surface area contributed by atoms with Crippen LogP contribution in [0.1, 0.15) is 129 Å². The van der Waals surface area contributed by atoms with Crippen molar-refractivity contribution in [2.45, 2.75) is 142 Å². The molecule has 0 saturated carbocycles.